The molecule has 0 saturated carbocycles. The second kappa shape index (κ2) is 9.97. The van der Waals surface area contributed by atoms with Gasteiger partial charge in [-0.25, -0.2) is 0 Å². The fourth-order valence-corrected chi connectivity index (χ4v) is 3.08. The quantitative estimate of drug-likeness (QED) is 0.753. The molecule has 1 atom stereocenters. The molecule has 0 bridgehead atoms. The van der Waals surface area contributed by atoms with Gasteiger partial charge < -0.3 is 15.0 Å². The number of likely N-dealkylation sites (N-methyl/N-ethyl adjacent to an activating group) is 1. The van der Waals surface area contributed by atoms with E-state index in [-0.39, 0.29) is 18.2 Å². The van der Waals surface area contributed by atoms with Crippen molar-refractivity contribution in [1.82, 2.24) is 10.2 Å². The molecule has 6 heteroatoms. The number of ether oxygens (including phenoxy) is 1. The summed E-state index contributed by atoms with van der Waals surface area (Å²) in [5.74, 6) is 0.404. The first kappa shape index (κ1) is 20.8. The maximum absolute atomic E-state index is 12.9. The summed E-state index contributed by atoms with van der Waals surface area (Å²) in [6, 6.07) is 14.4. The zero-order valence-electron chi connectivity index (χ0n) is 15.9. The normalized spacial score (nSPS) is 11.6. The monoisotopic (exact) mass is 388 g/mol. The van der Waals surface area contributed by atoms with Crippen molar-refractivity contribution in [3.8, 4) is 5.75 Å². The molecule has 0 fully saturated rings. The van der Waals surface area contributed by atoms with E-state index in [0.717, 1.165) is 11.1 Å². The largest absolute Gasteiger partial charge is 0.497 e. The number of carbonyl (C=O) groups is 2. The fraction of sp³-hybridized carbons (Fsp3) is 0.333. The minimum atomic E-state index is -0.583. The summed E-state index contributed by atoms with van der Waals surface area (Å²) in [4.78, 5) is 26.7. The van der Waals surface area contributed by atoms with Gasteiger partial charge in [0.25, 0.3) is 0 Å². The van der Waals surface area contributed by atoms with E-state index in [1.807, 2.05) is 48.5 Å². The van der Waals surface area contributed by atoms with Gasteiger partial charge in [0, 0.05) is 25.0 Å². The van der Waals surface area contributed by atoms with Gasteiger partial charge in [0.1, 0.15) is 11.8 Å². The molecule has 27 heavy (non-hydrogen) atoms. The highest BCUT2D eigenvalue weighted by Crippen LogP contribution is 2.19. The summed E-state index contributed by atoms with van der Waals surface area (Å²) in [5.41, 5.74) is 1.82. The molecule has 0 aliphatic heterocycles. The average Bonchev–Trinajstić information content (AvgIpc) is 2.70. The predicted molar refractivity (Wildman–Crippen MR) is 107 cm³/mol. The molecule has 0 aliphatic carbocycles. The summed E-state index contributed by atoms with van der Waals surface area (Å²) in [6.45, 7) is 2.06. The lowest BCUT2D eigenvalue weighted by atomic mass is 10.1. The first-order chi connectivity index (χ1) is 13.0. The van der Waals surface area contributed by atoms with Crippen LogP contribution in [0, 0.1) is 0 Å². The minimum Gasteiger partial charge on any atom is -0.497 e. The lowest BCUT2D eigenvalue weighted by Gasteiger charge is -2.28. The number of carbonyl (C=O) groups excluding carboxylic acids is 2. The molecular formula is C21H25ClN2O3. The second-order valence-electron chi connectivity index (χ2n) is 6.25. The number of hydrogen-bond donors (Lipinski definition) is 1. The molecule has 0 heterocycles. The second-order valence-corrected chi connectivity index (χ2v) is 6.66. The van der Waals surface area contributed by atoms with Gasteiger partial charge in [0.2, 0.25) is 11.8 Å². The van der Waals surface area contributed by atoms with Gasteiger partial charge >= 0.3 is 0 Å². The van der Waals surface area contributed by atoms with E-state index in [9.17, 15) is 9.59 Å². The van der Waals surface area contributed by atoms with Crippen molar-refractivity contribution >= 4 is 23.4 Å². The first-order valence-electron chi connectivity index (χ1n) is 8.83. The first-order valence-corrected chi connectivity index (χ1v) is 9.21. The third-order valence-corrected chi connectivity index (χ3v) is 4.84. The van der Waals surface area contributed by atoms with Crippen molar-refractivity contribution < 1.29 is 14.3 Å². The summed E-state index contributed by atoms with van der Waals surface area (Å²) < 4.78 is 5.25. The highest BCUT2D eigenvalue weighted by molar-refractivity contribution is 6.31. The number of nitrogens with zero attached hydrogens (tertiary/aromatic N) is 1. The molecule has 0 spiro atoms. The van der Waals surface area contributed by atoms with Gasteiger partial charge in [-0.1, -0.05) is 41.9 Å². The molecule has 0 aliphatic rings. The van der Waals surface area contributed by atoms with Crippen LogP contribution in [0.15, 0.2) is 48.5 Å². The van der Waals surface area contributed by atoms with Crippen LogP contribution < -0.4 is 10.1 Å². The zero-order valence-corrected chi connectivity index (χ0v) is 16.6. The van der Waals surface area contributed by atoms with Crippen molar-refractivity contribution in [3.05, 3.63) is 64.7 Å². The number of amides is 2. The predicted octanol–water partition coefficient (Wildman–Crippen LogP) is 3.44. The van der Waals surface area contributed by atoms with E-state index < -0.39 is 6.04 Å². The Kier molecular flexibility index (Phi) is 7.67. The Morgan fingerprint density at radius 3 is 2.59 bits per heavy atom. The molecule has 2 amide bonds. The molecule has 0 aromatic heterocycles. The van der Waals surface area contributed by atoms with Crippen molar-refractivity contribution in [2.24, 2.45) is 0 Å². The van der Waals surface area contributed by atoms with Crippen LogP contribution in [0.2, 0.25) is 5.02 Å². The number of nitrogens with one attached hydrogen (secondary N) is 1. The maximum atomic E-state index is 12.9. The summed E-state index contributed by atoms with van der Waals surface area (Å²) >= 11 is 6.18. The van der Waals surface area contributed by atoms with Crippen LogP contribution in [0.25, 0.3) is 0 Å². The maximum Gasteiger partial charge on any atom is 0.242 e. The molecule has 0 saturated heterocycles. The zero-order chi connectivity index (χ0) is 19.8. The van der Waals surface area contributed by atoms with Gasteiger partial charge in [-0.05, 0) is 42.7 Å². The van der Waals surface area contributed by atoms with E-state index in [2.05, 4.69) is 5.32 Å². The van der Waals surface area contributed by atoms with Crippen LogP contribution in [0.3, 0.4) is 0 Å². The molecule has 2 rings (SSSR count). The van der Waals surface area contributed by atoms with Gasteiger partial charge in [-0.15, -0.1) is 0 Å². The highest BCUT2D eigenvalue weighted by Gasteiger charge is 2.25. The fourth-order valence-electron chi connectivity index (χ4n) is 2.85. The van der Waals surface area contributed by atoms with Crippen LogP contribution in [0.4, 0.5) is 0 Å². The van der Waals surface area contributed by atoms with Crippen LogP contribution in [0.5, 0.6) is 5.75 Å². The molecule has 144 valence electrons. The Hall–Kier alpha value is -2.53. The van der Waals surface area contributed by atoms with Crippen LogP contribution in [-0.2, 0) is 22.6 Å². The van der Waals surface area contributed by atoms with E-state index >= 15 is 0 Å². The smallest absolute Gasteiger partial charge is 0.242 e. The molecule has 0 unspecified atom stereocenters. The lowest BCUT2D eigenvalue weighted by Crippen LogP contribution is -2.46. The Morgan fingerprint density at radius 1 is 1.19 bits per heavy atom. The molecule has 1 N–H and O–H groups in total. The molecule has 2 aromatic carbocycles. The van der Waals surface area contributed by atoms with E-state index in [1.165, 1.54) is 0 Å². The summed E-state index contributed by atoms with van der Waals surface area (Å²) in [6.07, 6.45) is 0.794. The topological polar surface area (TPSA) is 58.6 Å². The molecular weight excluding hydrogens is 364 g/mol. The number of rotatable bonds is 8. The minimum absolute atomic E-state index is 0.103. The Labute approximate surface area is 165 Å². The van der Waals surface area contributed by atoms with E-state index in [0.29, 0.717) is 23.7 Å². The molecule has 0 radical (unpaired) electrons. The number of aryl methyl sites for hydroxylation is 1. The Bertz CT molecular complexity index is 795. The van der Waals surface area contributed by atoms with E-state index in [4.69, 9.17) is 16.3 Å². The summed E-state index contributed by atoms with van der Waals surface area (Å²) in [5, 5.41) is 3.26. The molecule has 5 nitrogen and oxygen atoms in total. The third-order valence-electron chi connectivity index (χ3n) is 4.47. The Balaban J connectivity index is 2.16. The van der Waals surface area contributed by atoms with Crippen LogP contribution in [0.1, 0.15) is 24.5 Å². The standard InChI is InChI=1S/C21H25ClN2O3/c1-15(21(26)23-2)24(14-16-7-6-9-18(13-16)27-3)20(25)12-11-17-8-4-5-10-19(17)22/h4-10,13,15H,11-12,14H2,1-3H3,(H,23,26)/t15-/m1/s1. The third kappa shape index (κ3) is 5.73. The van der Waals surface area contributed by atoms with E-state index in [1.54, 1.807) is 26.0 Å². The summed E-state index contributed by atoms with van der Waals surface area (Å²) in [7, 11) is 3.16. The Morgan fingerprint density at radius 2 is 1.93 bits per heavy atom. The van der Waals surface area contributed by atoms with Gasteiger partial charge in [0.05, 0.1) is 7.11 Å². The van der Waals surface area contributed by atoms with Crippen molar-refractivity contribution in [1.29, 1.82) is 0 Å². The SMILES string of the molecule is CNC(=O)[C@@H](C)N(Cc1cccc(OC)c1)C(=O)CCc1ccccc1Cl. The highest BCUT2D eigenvalue weighted by atomic mass is 35.5. The van der Waals surface area contributed by atoms with Crippen LogP contribution >= 0.6 is 11.6 Å². The van der Waals surface area contributed by atoms with Crippen molar-refractivity contribution in [2.45, 2.75) is 32.4 Å². The number of benzene rings is 2. The van der Waals surface area contributed by atoms with Gasteiger partial charge in [0.15, 0.2) is 0 Å². The van der Waals surface area contributed by atoms with Gasteiger partial charge in [-0.3, -0.25) is 9.59 Å². The number of methoxy groups -OCH3 is 1. The average molecular weight is 389 g/mol. The van der Waals surface area contributed by atoms with Gasteiger partial charge in [-0.2, -0.15) is 0 Å². The molecule has 2 aromatic rings. The lowest BCUT2D eigenvalue weighted by molar-refractivity contribution is -0.140. The van der Waals surface area contributed by atoms with Crippen molar-refractivity contribution in [2.75, 3.05) is 14.2 Å². The van der Waals surface area contributed by atoms with Crippen molar-refractivity contribution in [3.63, 3.8) is 0 Å². The number of hydrogen-bond acceptors (Lipinski definition) is 3. The van der Waals surface area contributed by atoms with Crippen LogP contribution in [-0.4, -0.2) is 36.9 Å². The number of halogens is 1.